The maximum absolute atomic E-state index is 1.53. The lowest BCUT2D eigenvalue weighted by atomic mass is 10.1. The van der Waals surface area contributed by atoms with Gasteiger partial charge in [0, 0.05) is 0 Å². The van der Waals surface area contributed by atoms with Gasteiger partial charge in [0.1, 0.15) is 0 Å². The van der Waals surface area contributed by atoms with Gasteiger partial charge < -0.3 is 0 Å². The summed E-state index contributed by atoms with van der Waals surface area (Å²) in [4.78, 5) is 0. The van der Waals surface area contributed by atoms with E-state index in [2.05, 4.69) is 0 Å². The second-order valence-corrected chi connectivity index (χ2v) is 4.72. The molecule has 0 aliphatic carbocycles. The van der Waals surface area contributed by atoms with Crippen LogP contribution < -0.4 is 0 Å². The van der Waals surface area contributed by atoms with E-state index in [-0.39, 0.29) is 0 Å². The fourth-order valence-electron chi connectivity index (χ4n) is 1.51. The average Bonchev–Trinajstić information content (AvgIpc) is 2.01. The molecule has 0 aromatic heterocycles. The third kappa shape index (κ3) is 4.28. The van der Waals surface area contributed by atoms with Crippen molar-refractivity contribution in [1.82, 2.24) is 0 Å². The fraction of sp³-hybridized carbons (Fsp3) is 1.00. The number of rotatable bonds is 0. The summed E-state index contributed by atoms with van der Waals surface area (Å²) in [7, 11) is 1.28. The summed E-state index contributed by atoms with van der Waals surface area (Å²) in [6.07, 6.45) is 13.6. The molecule has 0 amide bonds. The van der Waals surface area contributed by atoms with Gasteiger partial charge in [-0.2, -0.15) is 0 Å². The maximum Gasteiger partial charge on any atom is -0.0353 e. The van der Waals surface area contributed by atoms with Crippen molar-refractivity contribution in [2.45, 2.75) is 44.9 Å². The highest BCUT2D eigenvalue weighted by Gasteiger charge is 1.95. The van der Waals surface area contributed by atoms with Crippen LogP contribution in [0, 0.1) is 0 Å². The minimum Gasteiger partial charge on any atom is -0.122 e. The molecule has 0 aromatic carbocycles. The predicted molar refractivity (Wildman–Crippen MR) is 50.4 cm³/mol. The van der Waals surface area contributed by atoms with E-state index < -0.39 is 0 Å². The molecule has 1 rings (SSSR count). The molecule has 1 fully saturated rings. The summed E-state index contributed by atoms with van der Waals surface area (Å²) in [5, 5.41) is 0. The topological polar surface area (TPSA) is 0 Å². The first-order valence-corrected chi connectivity index (χ1v) is 6.12. The van der Waals surface area contributed by atoms with Gasteiger partial charge in [0.2, 0.25) is 0 Å². The van der Waals surface area contributed by atoms with Crippen molar-refractivity contribution in [3.63, 3.8) is 0 Å². The van der Waals surface area contributed by atoms with Crippen LogP contribution in [0.3, 0.4) is 0 Å². The summed E-state index contributed by atoms with van der Waals surface area (Å²) in [6.45, 7) is 0. The molecule has 0 saturated carbocycles. The monoisotopic (exact) mass is 158 g/mol. The van der Waals surface area contributed by atoms with Crippen LogP contribution in [-0.4, -0.2) is 12.3 Å². The fourth-order valence-corrected chi connectivity index (χ4v) is 2.76. The number of hydrogen-bond acceptors (Lipinski definition) is 0. The summed E-state index contributed by atoms with van der Waals surface area (Å²) >= 11 is 0. The average molecular weight is 158 g/mol. The van der Waals surface area contributed by atoms with Crippen LogP contribution in [0.25, 0.3) is 0 Å². The minimum absolute atomic E-state index is 1.28. The zero-order chi connectivity index (χ0) is 7.07. The van der Waals surface area contributed by atoms with Gasteiger partial charge in [-0.3, -0.25) is 0 Å². The molecule has 60 valence electrons. The zero-order valence-electron chi connectivity index (χ0n) is 6.86. The summed E-state index contributed by atoms with van der Waals surface area (Å²) in [5.41, 5.74) is 0. The molecule has 0 aromatic rings. The van der Waals surface area contributed by atoms with Crippen LogP contribution in [0.5, 0.6) is 0 Å². The van der Waals surface area contributed by atoms with Crippen LogP contribution in [0.1, 0.15) is 44.9 Å². The van der Waals surface area contributed by atoms with Gasteiger partial charge in [0.05, 0.1) is 0 Å². The van der Waals surface area contributed by atoms with Crippen molar-refractivity contribution < 1.29 is 0 Å². The minimum atomic E-state index is 1.28. The third-order valence-corrected chi connectivity index (χ3v) is 3.62. The molecule has 0 atom stereocenters. The molecule has 0 nitrogen and oxygen atoms in total. The molecule has 0 N–H and O–H groups in total. The summed E-state index contributed by atoms with van der Waals surface area (Å²) in [6, 6.07) is 0. The Balaban J connectivity index is 2.00. The first-order chi connectivity index (χ1) is 5.00. The molecule has 0 unspecified atom stereocenters. The Kier molecular flexibility index (Phi) is 5.25. The molecule has 10 heavy (non-hydrogen) atoms. The van der Waals surface area contributed by atoms with Gasteiger partial charge in [-0.05, 0) is 25.2 Å². The van der Waals surface area contributed by atoms with Crippen LogP contribution in [-0.2, 0) is 0 Å². The Labute approximate surface area is 66.6 Å². The molecular formula is C9H19P. The Bertz CT molecular complexity index is 37.9. The Morgan fingerprint density at radius 2 is 0.900 bits per heavy atom. The molecule has 0 bridgehead atoms. The van der Waals surface area contributed by atoms with Gasteiger partial charge >= 0.3 is 0 Å². The molecule has 0 radical (unpaired) electrons. The maximum atomic E-state index is 1.53. The SMILES string of the molecule is C1CCCCPCCCC1. The van der Waals surface area contributed by atoms with Crippen LogP contribution in [0.2, 0.25) is 0 Å². The standard InChI is InChI=1S/C9H19P/c1-2-4-6-8-10-9-7-5-3-1/h10H,1-9H2. The van der Waals surface area contributed by atoms with Crippen molar-refractivity contribution >= 4 is 8.58 Å². The van der Waals surface area contributed by atoms with Crippen molar-refractivity contribution in [2.24, 2.45) is 0 Å². The van der Waals surface area contributed by atoms with Crippen LogP contribution in [0.15, 0.2) is 0 Å². The van der Waals surface area contributed by atoms with E-state index in [1.165, 1.54) is 65.9 Å². The smallest absolute Gasteiger partial charge is 0.0353 e. The summed E-state index contributed by atoms with van der Waals surface area (Å²) in [5.74, 6) is 0. The highest BCUT2D eigenvalue weighted by Crippen LogP contribution is 2.19. The lowest BCUT2D eigenvalue weighted by Crippen LogP contribution is -1.87. The zero-order valence-corrected chi connectivity index (χ0v) is 7.86. The van der Waals surface area contributed by atoms with Gasteiger partial charge in [-0.1, -0.05) is 32.1 Å². The largest absolute Gasteiger partial charge is 0.122 e. The van der Waals surface area contributed by atoms with Crippen molar-refractivity contribution in [3.8, 4) is 0 Å². The molecular weight excluding hydrogens is 139 g/mol. The Morgan fingerprint density at radius 3 is 1.40 bits per heavy atom. The molecule has 1 heterocycles. The molecule has 1 saturated heterocycles. The molecule has 1 aliphatic heterocycles. The van der Waals surface area contributed by atoms with Crippen molar-refractivity contribution in [3.05, 3.63) is 0 Å². The van der Waals surface area contributed by atoms with Crippen LogP contribution >= 0.6 is 8.58 Å². The van der Waals surface area contributed by atoms with E-state index in [0.29, 0.717) is 0 Å². The normalized spacial score (nSPS) is 24.0. The number of hydrogen-bond donors (Lipinski definition) is 0. The highest BCUT2D eigenvalue weighted by molar-refractivity contribution is 7.37. The van der Waals surface area contributed by atoms with E-state index in [4.69, 9.17) is 0 Å². The van der Waals surface area contributed by atoms with E-state index in [1.807, 2.05) is 0 Å². The lowest BCUT2D eigenvalue weighted by molar-refractivity contribution is 0.599. The predicted octanol–water partition coefficient (Wildman–Crippen LogP) is 3.41. The summed E-state index contributed by atoms with van der Waals surface area (Å²) < 4.78 is 0. The third-order valence-electron chi connectivity index (χ3n) is 2.21. The second kappa shape index (κ2) is 6.16. The van der Waals surface area contributed by atoms with Gasteiger partial charge in [-0.15, -0.1) is 8.58 Å². The quantitative estimate of drug-likeness (QED) is 0.474. The van der Waals surface area contributed by atoms with Crippen molar-refractivity contribution in [2.75, 3.05) is 12.3 Å². The first kappa shape index (κ1) is 8.53. The first-order valence-electron chi connectivity index (χ1n) is 4.71. The molecule has 0 spiro atoms. The molecule has 1 aliphatic rings. The van der Waals surface area contributed by atoms with E-state index in [1.54, 1.807) is 0 Å². The van der Waals surface area contributed by atoms with Crippen LogP contribution in [0.4, 0.5) is 0 Å². The van der Waals surface area contributed by atoms with E-state index in [9.17, 15) is 0 Å². The second-order valence-electron chi connectivity index (χ2n) is 3.22. The van der Waals surface area contributed by atoms with E-state index in [0.717, 1.165) is 0 Å². The van der Waals surface area contributed by atoms with Gasteiger partial charge in [0.25, 0.3) is 0 Å². The Hall–Kier alpha value is 0.430. The van der Waals surface area contributed by atoms with Gasteiger partial charge in [0.15, 0.2) is 0 Å². The van der Waals surface area contributed by atoms with E-state index >= 15 is 0 Å². The highest BCUT2D eigenvalue weighted by atomic mass is 31.1. The Morgan fingerprint density at radius 1 is 0.500 bits per heavy atom. The lowest BCUT2D eigenvalue weighted by Gasteiger charge is -2.06. The molecule has 1 heteroatoms. The van der Waals surface area contributed by atoms with Gasteiger partial charge in [-0.25, -0.2) is 0 Å². The van der Waals surface area contributed by atoms with Crippen molar-refractivity contribution in [1.29, 1.82) is 0 Å².